The molecule has 0 spiro atoms. The van der Waals surface area contributed by atoms with E-state index in [1.54, 1.807) is 43.3 Å². The minimum atomic E-state index is -0.619. The van der Waals surface area contributed by atoms with Gasteiger partial charge in [0.2, 0.25) is 0 Å². The Kier molecular flexibility index (Phi) is 7.58. The van der Waals surface area contributed by atoms with E-state index in [0.717, 1.165) is 22.2 Å². The molecule has 0 aliphatic carbocycles. The zero-order valence-corrected chi connectivity index (χ0v) is 19.1. The van der Waals surface area contributed by atoms with Gasteiger partial charge in [0.05, 0.1) is 16.0 Å². The van der Waals surface area contributed by atoms with Crippen LogP contribution in [0.3, 0.4) is 0 Å². The number of hydrogen-bond acceptors (Lipinski definition) is 6. The Morgan fingerprint density at radius 3 is 2.60 bits per heavy atom. The number of ether oxygens (including phenoxy) is 2. The van der Waals surface area contributed by atoms with Gasteiger partial charge in [-0.05, 0) is 76.1 Å². The lowest BCUT2D eigenvalue weighted by molar-refractivity contribution is -0.145. The quantitative estimate of drug-likeness (QED) is 0.373. The Balaban J connectivity index is 1.68. The number of rotatable bonds is 7. The third kappa shape index (κ3) is 5.65. The molecule has 1 saturated heterocycles. The Morgan fingerprint density at radius 2 is 1.93 bits per heavy atom. The molecule has 1 heterocycles. The Bertz CT molecular complexity index is 1010. The molecule has 0 aromatic heterocycles. The number of carbonyl (C=O) groups is 3. The van der Waals surface area contributed by atoms with Crippen molar-refractivity contribution in [2.24, 2.45) is 0 Å². The van der Waals surface area contributed by atoms with Gasteiger partial charge in [0.1, 0.15) is 18.9 Å². The molecule has 9 heteroatoms. The molecule has 2 aromatic carbocycles. The number of amides is 2. The second-order valence-corrected chi connectivity index (χ2v) is 8.46. The second-order valence-electron chi connectivity index (χ2n) is 6.18. The van der Waals surface area contributed by atoms with Crippen LogP contribution in [-0.4, -0.2) is 35.2 Å². The molecule has 1 fully saturated rings. The zero-order chi connectivity index (χ0) is 21.7. The molecule has 0 atom stereocenters. The van der Waals surface area contributed by atoms with E-state index in [4.69, 9.17) is 21.1 Å². The number of imide groups is 1. The van der Waals surface area contributed by atoms with Crippen molar-refractivity contribution in [1.29, 1.82) is 0 Å². The lowest BCUT2D eigenvalue weighted by atomic mass is 10.2. The first-order valence-corrected chi connectivity index (χ1v) is 10.9. The summed E-state index contributed by atoms with van der Waals surface area (Å²) in [5.41, 5.74) is 1.69. The highest BCUT2D eigenvalue weighted by Crippen LogP contribution is 2.34. The smallest absolute Gasteiger partial charge is 0.326 e. The topological polar surface area (TPSA) is 72.9 Å². The van der Waals surface area contributed by atoms with Gasteiger partial charge in [-0.2, -0.15) is 0 Å². The van der Waals surface area contributed by atoms with Crippen molar-refractivity contribution >= 4 is 62.5 Å². The summed E-state index contributed by atoms with van der Waals surface area (Å²) in [5.74, 6) is -0.499. The Morgan fingerprint density at radius 1 is 1.20 bits per heavy atom. The zero-order valence-electron chi connectivity index (χ0n) is 15.9. The summed E-state index contributed by atoms with van der Waals surface area (Å²) in [5, 5.41) is 0.164. The number of esters is 1. The number of hydrogen-bond donors (Lipinski definition) is 0. The molecular formula is C21H17BrClNO5S. The van der Waals surface area contributed by atoms with Crippen molar-refractivity contribution in [3.63, 3.8) is 0 Å². The fourth-order valence-electron chi connectivity index (χ4n) is 2.59. The standard InChI is InChI=1S/C21H17BrClNO5S/c1-2-28-19(25)11-24-20(26)18(30-21(24)27)10-14-5-8-17(16(22)9-14)29-12-13-3-6-15(23)7-4-13/h3-10H,2,11-12H2,1H3/b18-10+. The first-order chi connectivity index (χ1) is 14.4. The van der Waals surface area contributed by atoms with Crippen LogP contribution in [0, 0.1) is 0 Å². The summed E-state index contributed by atoms with van der Waals surface area (Å²) in [7, 11) is 0. The van der Waals surface area contributed by atoms with Crippen LogP contribution in [0.4, 0.5) is 4.79 Å². The summed E-state index contributed by atoms with van der Waals surface area (Å²) in [6.45, 7) is 1.83. The van der Waals surface area contributed by atoms with Crippen molar-refractivity contribution in [2.75, 3.05) is 13.2 Å². The van der Waals surface area contributed by atoms with E-state index < -0.39 is 23.7 Å². The van der Waals surface area contributed by atoms with Gasteiger partial charge in [-0.15, -0.1) is 0 Å². The van der Waals surface area contributed by atoms with E-state index in [1.807, 2.05) is 12.1 Å². The summed E-state index contributed by atoms with van der Waals surface area (Å²) >= 11 is 10.1. The molecule has 0 unspecified atom stereocenters. The lowest BCUT2D eigenvalue weighted by Gasteiger charge is -2.11. The molecule has 0 bridgehead atoms. The third-order valence-electron chi connectivity index (χ3n) is 4.03. The summed E-state index contributed by atoms with van der Waals surface area (Å²) in [6.07, 6.45) is 1.60. The maximum atomic E-state index is 12.5. The van der Waals surface area contributed by atoms with Gasteiger partial charge in [-0.1, -0.05) is 29.8 Å². The minimum Gasteiger partial charge on any atom is -0.488 e. The van der Waals surface area contributed by atoms with Gasteiger partial charge < -0.3 is 9.47 Å². The predicted octanol–water partition coefficient (Wildman–Crippen LogP) is 5.28. The molecule has 1 aliphatic rings. The third-order valence-corrected chi connectivity index (χ3v) is 5.81. The van der Waals surface area contributed by atoms with Crippen LogP contribution in [0.25, 0.3) is 6.08 Å². The summed E-state index contributed by atoms with van der Waals surface area (Å²) in [6, 6.07) is 12.7. The highest BCUT2D eigenvalue weighted by atomic mass is 79.9. The van der Waals surface area contributed by atoms with Crippen LogP contribution in [-0.2, 0) is 20.9 Å². The lowest BCUT2D eigenvalue weighted by Crippen LogP contribution is -2.34. The van der Waals surface area contributed by atoms with Gasteiger partial charge in [0, 0.05) is 5.02 Å². The van der Waals surface area contributed by atoms with E-state index >= 15 is 0 Å². The number of thioether (sulfide) groups is 1. The van der Waals surface area contributed by atoms with Gasteiger partial charge in [0.15, 0.2) is 0 Å². The maximum Gasteiger partial charge on any atom is 0.326 e. The summed E-state index contributed by atoms with van der Waals surface area (Å²) < 4.78 is 11.3. The molecule has 3 rings (SSSR count). The van der Waals surface area contributed by atoms with E-state index in [2.05, 4.69) is 15.9 Å². The van der Waals surface area contributed by atoms with Crippen LogP contribution in [0.5, 0.6) is 5.75 Å². The van der Waals surface area contributed by atoms with Crippen molar-refractivity contribution < 1.29 is 23.9 Å². The first kappa shape index (κ1) is 22.4. The van der Waals surface area contributed by atoms with Crippen LogP contribution in [0.15, 0.2) is 51.8 Å². The van der Waals surface area contributed by atoms with E-state index in [9.17, 15) is 14.4 Å². The highest BCUT2D eigenvalue weighted by Gasteiger charge is 2.36. The average molecular weight is 511 g/mol. The van der Waals surface area contributed by atoms with Crippen molar-refractivity contribution in [2.45, 2.75) is 13.5 Å². The highest BCUT2D eigenvalue weighted by molar-refractivity contribution is 9.10. The molecule has 30 heavy (non-hydrogen) atoms. The van der Waals surface area contributed by atoms with Gasteiger partial charge in [-0.25, -0.2) is 0 Å². The van der Waals surface area contributed by atoms with Gasteiger partial charge in [-0.3, -0.25) is 19.3 Å². The van der Waals surface area contributed by atoms with E-state index in [1.165, 1.54) is 0 Å². The Labute approximate surface area is 191 Å². The monoisotopic (exact) mass is 509 g/mol. The molecule has 0 radical (unpaired) electrons. The summed E-state index contributed by atoms with van der Waals surface area (Å²) in [4.78, 5) is 37.2. The minimum absolute atomic E-state index is 0.186. The number of carbonyl (C=O) groups excluding carboxylic acids is 3. The van der Waals surface area contributed by atoms with Crippen LogP contribution < -0.4 is 4.74 Å². The van der Waals surface area contributed by atoms with Crippen LogP contribution in [0.2, 0.25) is 5.02 Å². The molecule has 2 amide bonds. The first-order valence-electron chi connectivity index (χ1n) is 8.95. The van der Waals surface area contributed by atoms with E-state index in [0.29, 0.717) is 27.4 Å². The largest absolute Gasteiger partial charge is 0.488 e. The second kappa shape index (κ2) is 10.1. The fraction of sp³-hybridized carbons (Fsp3) is 0.190. The maximum absolute atomic E-state index is 12.5. The normalized spacial score (nSPS) is 15.0. The molecule has 2 aromatic rings. The molecule has 1 aliphatic heterocycles. The average Bonchev–Trinajstić information content (AvgIpc) is 2.96. The van der Waals surface area contributed by atoms with Crippen LogP contribution in [0.1, 0.15) is 18.1 Å². The van der Waals surface area contributed by atoms with Crippen molar-refractivity contribution in [3.8, 4) is 5.75 Å². The molecule has 0 N–H and O–H groups in total. The molecule has 6 nitrogen and oxygen atoms in total. The number of nitrogens with zero attached hydrogens (tertiary/aromatic N) is 1. The van der Waals surface area contributed by atoms with Gasteiger partial charge >= 0.3 is 5.97 Å². The Hall–Kier alpha value is -2.29. The number of benzene rings is 2. The predicted molar refractivity (Wildman–Crippen MR) is 119 cm³/mol. The van der Waals surface area contributed by atoms with Crippen molar-refractivity contribution in [1.82, 2.24) is 4.90 Å². The fourth-order valence-corrected chi connectivity index (χ4v) is 4.06. The van der Waals surface area contributed by atoms with Gasteiger partial charge in [0.25, 0.3) is 11.1 Å². The van der Waals surface area contributed by atoms with E-state index in [-0.39, 0.29) is 11.5 Å². The van der Waals surface area contributed by atoms with Crippen molar-refractivity contribution in [3.05, 3.63) is 68.0 Å². The van der Waals surface area contributed by atoms with Crippen LogP contribution >= 0.6 is 39.3 Å². The molecule has 156 valence electrons. The molecular weight excluding hydrogens is 494 g/mol. The SMILES string of the molecule is CCOC(=O)CN1C(=O)S/C(=C/c2ccc(OCc3ccc(Cl)cc3)c(Br)c2)C1=O. The molecule has 0 saturated carbocycles. The number of halogens is 2.